The van der Waals surface area contributed by atoms with Crippen LogP contribution in [0.4, 0.5) is 0 Å². The van der Waals surface area contributed by atoms with E-state index in [0.29, 0.717) is 17.4 Å². The van der Waals surface area contributed by atoms with E-state index in [1.807, 2.05) is 0 Å². The summed E-state index contributed by atoms with van der Waals surface area (Å²) in [6.45, 7) is 1.76. The Morgan fingerprint density at radius 3 is 2.50 bits per heavy atom. The quantitative estimate of drug-likeness (QED) is 0.540. The third kappa shape index (κ3) is 0.813. The Kier molecular flexibility index (Phi) is 1.42. The van der Waals surface area contributed by atoms with Gasteiger partial charge in [0.1, 0.15) is 0 Å². The molecule has 3 aliphatic carbocycles. The van der Waals surface area contributed by atoms with Crippen molar-refractivity contribution >= 4 is 11.6 Å². The van der Waals surface area contributed by atoms with Crippen molar-refractivity contribution in [1.29, 1.82) is 0 Å². The fourth-order valence-electron chi connectivity index (χ4n) is 3.21. The van der Waals surface area contributed by atoms with E-state index >= 15 is 0 Å². The molecule has 0 heterocycles. The van der Waals surface area contributed by atoms with Crippen LogP contribution in [0.3, 0.4) is 0 Å². The van der Waals surface area contributed by atoms with Crippen LogP contribution in [-0.4, -0.2) is 11.6 Å². The lowest BCUT2D eigenvalue weighted by Gasteiger charge is -2.28. The van der Waals surface area contributed by atoms with Crippen LogP contribution in [0.1, 0.15) is 13.3 Å². The standard InChI is InChI=1S/C12H12O2/c1-6-4-9(13)10-7-2-3-8(5-7)11(10)12(6)14/h2-4,7-8,10-11H,5H2,1H3/t7-,8-,10-,11+/m1/s1. The van der Waals surface area contributed by atoms with Gasteiger partial charge in [-0.3, -0.25) is 9.59 Å². The molecule has 3 rings (SSSR count). The predicted molar refractivity (Wildman–Crippen MR) is 51.5 cm³/mol. The highest BCUT2D eigenvalue weighted by molar-refractivity contribution is 6.11. The molecule has 4 atom stereocenters. The first kappa shape index (κ1) is 8.16. The van der Waals surface area contributed by atoms with Gasteiger partial charge in [0.05, 0.1) is 0 Å². The van der Waals surface area contributed by atoms with Gasteiger partial charge in [-0.1, -0.05) is 12.2 Å². The fraction of sp³-hybridized carbons (Fsp3) is 0.500. The van der Waals surface area contributed by atoms with Crippen LogP contribution in [0.2, 0.25) is 0 Å². The molecular formula is C12H12O2. The second-order valence-corrected chi connectivity index (χ2v) is 4.59. The SMILES string of the molecule is CC1=CC(=O)[C@@H]2[C@@H](C1=O)[C@@H]1C=C[C@@H]2C1. The summed E-state index contributed by atoms with van der Waals surface area (Å²) in [6.07, 6.45) is 6.78. The van der Waals surface area contributed by atoms with Crippen LogP contribution in [0, 0.1) is 23.7 Å². The zero-order chi connectivity index (χ0) is 9.87. The number of ketones is 2. The van der Waals surface area contributed by atoms with Gasteiger partial charge in [-0.25, -0.2) is 0 Å². The van der Waals surface area contributed by atoms with Crippen LogP contribution < -0.4 is 0 Å². The van der Waals surface area contributed by atoms with Crippen molar-refractivity contribution in [3.63, 3.8) is 0 Å². The summed E-state index contributed by atoms with van der Waals surface area (Å²) in [5.41, 5.74) is 0.650. The molecule has 14 heavy (non-hydrogen) atoms. The summed E-state index contributed by atoms with van der Waals surface area (Å²) in [5.74, 6) is 0.995. The van der Waals surface area contributed by atoms with Crippen molar-refractivity contribution < 1.29 is 9.59 Å². The largest absolute Gasteiger partial charge is 0.294 e. The van der Waals surface area contributed by atoms with Gasteiger partial charge in [-0.15, -0.1) is 0 Å². The van der Waals surface area contributed by atoms with E-state index in [9.17, 15) is 9.59 Å². The number of rotatable bonds is 0. The van der Waals surface area contributed by atoms with E-state index in [1.54, 1.807) is 6.92 Å². The minimum atomic E-state index is -0.0267. The van der Waals surface area contributed by atoms with Crippen LogP contribution in [0.5, 0.6) is 0 Å². The first-order valence-corrected chi connectivity index (χ1v) is 5.13. The summed E-state index contributed by atoms with van der Waals surface area (Å²) in [7, 11) is 0. The fourth-order valence-corrected chi connectivity index (χ4v) is 3.21. The monoisotopic (exact) mass is 188 g/mol. The van der Waals surface area contributed by atoms with Gasteiger partial charge in [-0.05, 0) is 36.8 Å². The van der Waals surface area contributed by atoms with Gasteiger partial charge < -0.3 is 0 Å². The summed E-state index contributed by atoms with van der Waals surface area (Å²) in [4.78, 5) is 23.6. The van der Waals surface area contributed by atoms with Crippen molar-refractivity contribution in [3.05, 3.63) is 23.8 Å². The first-order valence-electron chi connectivity index (χ1n) is 5.13. The molecular weight excluding hydrogens is 176 g/mol. The van der Waals surface area contributed by atoms with E-state index in [0.717, 1.165) is 6.42 Å². The van der Waals surface area contributed by atoms with Gasteiger partial charge in [0.25, 0.3) is 0 Å². The Morgan fingerprint density at radius 2 is 1.79 bits per heavy atom. The molecule has 0 unspecified atom stereocenters. The minimum absolute atomic E-state index is 0.0255. The van der Waals surface area contributed by atoms with Crippen LogP contribution in [-0.2, 0) is 9.59 Å². The Bertz CT molecular complexity index is 389. The zero-order valence-corrected chi connectivity index (χ0v) is 8.07. The molecule has 0 radical (unpaired) electrons. The van der Waals surface area contributed by atoms with Crippen molar-refractivity contribution in [2.75, 3.05) is 0 Å². The van der Waals surface area contributed by atoms with Gasteiger partial charge in [0, 0.05) is 11.8 Å². The highest BCUT2D eigenvalue weighted by Gasteiger charge is 2.52. The normalized spacial score (nSPS) is 44.2. The smallest absolute Gasteiger partial charge is 0.163 e. The highest BCUT2D eigenvalue weighted by atomic mass is 16.1. The maximum atomic E-state index is 11.9. The Morgan fingerprint density at radius 1 is 1.14 bits per heavy atom. The Hall–Kier alpha value is -1.18. The molecule has 2 heteroatoms. The number of hydrogen-bond donors (Lipinski definition) is 0. The molecule has 2 bridgehead atoms. The summed E-state index contributed by atoms with van der Waals surface area (Å²) in [5, 5.41) is 0. The van der Waals surface area contributed by atoms with E-state index in [4.69, 9.17) is 0 Å². The Balaban J connectivity index is 2.10. The van der Waals surface area contributed by atoms with Crippen LogP contribution in [0.15, 0.2) is 23.8 Å². The molecule has 3 aliphatic rings. The summed E-state index contributed by atoms with van der Waals surface area (Å²) >= 11 is 0. The molecule has 0 saturated heterocycles. The summed E-state index contributed by atoms with van der Waals surface area (Å²) in [6, 6.07) is 0. The van der Waals surface area contributed by atoms with E-state index in [2.05, 4.69) is 12.2 Å². The molecule has 0 spiro atoms. The molecule has 0 aromatic carbocycles. The van der Waals surface area contributed by atoms with Crippen molar-refractivity contribution in [2.24, 2.45) is 23.7 Å². The number of Topliss-reactive ketones (excluding diaryl/α,β-unsaturated/α-hetero) is 1. The second kappa shape index (κ2) is 2.44. The third-order valence-electron chi connectivity index (χ3n) is 3.84. The second-order valence-electron chi connectivity index (χ2n) is 4.59. The average molecular weight is 188 g/mol. The van der Waals surface area contributed by atoms with Crippen molar-refractivity contribution in [2.45, 2.75) is 13.3 Å². The molecule has 0 N–H and O–H groups in total. The van der Waals surface area contributed by atoms with Gasteiger partial charge in [0.15, 0.2) is 11.6 Å². The number of carbonyl (C=O) groups excluding carboxylic acids is 2. The average Bonchev–Trinajstić information content (AvgIpc) is 2.73. The lowest BCUT2D eigenvalue weighted by Crippen LogP contribution is -2.36. The molecule has 0 aromatic rings. The number of fused-ring (bicyclic) bond motifs is 5. The number of allylic oxidation sites excluding steroid dienone is 4. The first-order chi connectivity index (χ1) is 6.68. The van der Waals surface area contributed by atoms with Gasteiger partial charge in [0.2, 0.25) is 0 Å². The lowest BCUT2D eigenvalue weighted by molar-refractivity contribution is -0.130. The predicted octanol–water partition coefficient (Wildman–Crippen LogP) is 1.52. The lowest BCUT2D eigenvalue weighted by atomic mass is 9.72. The molecule has 2 nitrogen and oxygen atoms in total. The van der Waals surface area contributed by atoms with Gasteiger partial charge >= 0.3 is 0 Å². The van der Waals surface area contributed by atoms with E-state index in [1.165, 1.54) is 6.08 Å². The molecule has 1 saturated carbocycles. The Labute approximate surface area is 82.7 Å². The maximum absolute atomic E-state index is 11.9. The zero-order valence-electron chi connectivity index (χ0n) is 8.07. The van der Waals surface area contributed by atoms with Crippen molar-refractivity contribution in [1.82, 2.24) is 0 Å². The van der Waals surface area contributed by atoms with Crippen LogP contribution in [0.25, 0.3) is 0 Å². The molecule has 0 aromatic heterocycles. The molecule has 0 amide bonds. The summed E-state index contributed by atoms with van der Waals surface area (Å²) < 4.78 is 0. The molecule has 72 valence electrons. The number of hydrogen-bond acceptors (Lipinski definition) is 2. The van der Waals surface area contributed by atoms with Crippen LogP contribution >= 0.6 is 0 Å². The minimum Gasteiger partial charge on any atom is -0.294 e. The number of carbonyl (C=O) groups is 2. The molecule has 1 fully saturated rings. The third-order valence-corrected chi connectivity index (χ3v) is 3.84. The highest BCUT2D eigenvalue weighted by Crippen LogP contribution is 2.51. The van der Waals surface area contributed by atoms with E-state index in [-0.39, 0.29) is 23.4 Å². The van der Waals surface area contributed by atoms with E-state index < -0.39 is 0 Å². The maximum Gasteiger partial charge on any atom is 0.163 e. The van der Waals surface area contributed by atoms with Gasteiger partial charge in [-0.2, -0.15) is 0 Å². The molecule has 0 aliphatic heterocycles. The topological polar surface area (TPSA) is 34.1 Å². The van der Waals surface area contributed by atoms with Crippen molar-refractivity contribution in [3.8, 4) is 0 Å².